The minimum absolute atomic E-state index is 0.206. The average Bonchev–Trinajstić information content (AvgIpc) is 3.05. The third-order valence-corrected chi connectivity index (χ3v) is 5.82. The van der Waals surface area contributed by atoms with E-state index in [1.807, 2.05) is 60.4 Å². The third-order valence-electron chi connectivity index (χ3n) is 5.82. The summed E-state index contributed by atoms with van der Waals surface area (Å²) in [6.45, 7) is 8.66. The number of methoxy groups -OCH3 is 1. The highest BCUT2D eigenvalue weighted by Crippen LogP contribution is 2.34. The van der Waals surface area contributed by atoms with E-state index >= 15 is 0 Å². The fraction of sp³-hybridized carbons (Fsp3) is 0.280. The minimum Gasteiger partial charge on any atom is -0.495 e. The van der Waals surface area contributed by atoms with E-state index < -0.39 is 0 Å². The first kappa shape index (κ1) is 20.7. The number of nitrogens with zero attached hydrogens (tertiary/aromatic N) is 3. The average molecular weight is 418 g/mol. The van der Waals surface area contributed by atoms with Crippen LogP contribution in [0.2, 0.25) is 0 Å². The molecule has 0 spiro atoms. The molecule has 2 heterocycles. The van der Waals surface area contributed by atoms with Crippen LogP contribution in [0.4, 0.5) is 5.69 Å². The van der Waals surface area contributed by atoms with E-state index in [1.165, 1.54) is 4.90 Å². The molecule has 0 saturated carbocycles. The van der Waals surface area contributed by atoms with Gasteiger partial charge in [0.15, 0.2) is 0 Å². The highest BCUT2D eigenvalue weighted by atomic mass is 16.5. The first-order chi connectivity index (χ1) is 15.0. The molecule has 2 amide bonds. The number of hydrogen-bond donors (Lipinski definition) is 0. The highest BCUT2D eigenvalue weighted by molar-refractivity contribution is 6.35. The molecule has 0 N–H and O–H groups in total. The standard InChI is InChI=1S/C25H27N3O3/c1-4-13-28-24(29)22(19-11-9-18(2)10-12-19)23(25(28)30)27-16-14-26(15-17-27)20-7-5-6-8-21(20)31-3/h4-12H,1,13-17H2,2-3H3. The van der Waals surface area contributed by atoms with Crippen LogP contribution >= 0.6 is 0 Å². The predicted octanol–water partition coefficient (Wildman–Crippen LogP) is 3.09. The van der Waals surface area contributed by atoms with E-state index in [9.17, 15) is 9.59 Å². The Bertz CT molecular complexity index is 1030. The predicted molar refractivity (Wildman–Crippen MR) is 122 cm³/mol. The van der Waals surface area contributed by atoms with E-state index in [0.717, 1.165) is 35.7 Å². The lowest BCUT2D eigenvalue weighted by Gasteiger charge is -2.38. The summed E-state index contributed by atoms with van der Waals surface area (Å²) in [6, 6.07) is 15.7. The Morgan fingerprint density at radius 1 is 0.935 bits per heavy atom. The van der Waals surface area contributed by atoms with Gasteiger partial charge in [-0.1, -0.05) is 48.0 Å². The van der Waals surface area contributed by atoms with Crippen LogP contribution < -0.4 is 9.64 Å². The second kappa shape index (κ2) is 8.68. The summed E-state index contributed by atoms with van der Waals surface area (Å²) >= 11 is 0. The number of piperazine rings is 1. The van der Waals surface area contributed by atoms with E-state index in [1.54, 1.807) is 13.2 Å². The fourth-order valence-corrected chi connectivity index (χ4v) is 4.19. The molecule has 1 saturated heterocycles. The molecular weight excluding hydrogens is 390 g/mol. The number of rotatable bonds is 6. The number of para-hydroxylation sites is 2. The smallest absolute Gasteiger partial charge is 0.278 e. The van der Waals surface area contributed by atoms with E-state index in [2.05, 4.69) is 11.5 Å². The van der Waals surface area contributed by atoms with Crippen LogP contribution in [-0.2, 0) is 9.59 Å². The zero-order chi connectivity index (χ0) is 22.0. The second-order valence-electron chi connectivity index (χ2n) is 7.75. The maximum Gasteiger partial charge on any atom is 0.278 e. The van der Waals surface area contributed by atoms with Crippen LogP contribution in [0.5, 0.6) is 5.75 Å². The number of carbonyl (C=O) groups is 2. The van der Waals surface area contributed by atoms with Crippen molar-refractivity contribution in [3.05, 3.63) is 78.0 Å². The van der Waals surface area contributed by atoms with Gasteiger partial charge in [-0.15, -0.1) is 6.58 Å². The number of carbonyl (C=O) groups excluding carboxylic acids is 2. The SMILES string of the molecule is C=CCN1C(=O)C(c2ccc(C)cc2)=C(N2CCN(c3ccccc3OC)CC2)C1=O. The molecule has 31 heavy (non-hydrogen) atoms. The zero-order valence-corrected chi connectivity index (χ0v) is 18.0. The van der Waals surface area contributed by atoms with Crippen LogP contribution in [0.25, 0.3) is 5.57 Å². The molecule has 0 bridgehead atoms. The third kappa shape index (κ3) is 3.81. The Labute approximate surface area is 183 Å². The summed E-state index contributed by atoms with van der Waals surface area (Å²) < 4.78 is 5.50. The number of ether oxygens (including phenoxy) is 1. The lowest BCUT2D eigenvalue weighted by atomic mass is 10.0. The Kier molecular flexibility index (Phi) is 5.80. The second-order valence-corrected chi connectivity index (χ2v) is 7.75. The maximum atomic E-state index is 13.2. The van der Waals surface area contributed by atoms with Crippen LogP contribution in [0.1, 0.15) is 11.1 Å². The molecule has 0 aliphatic carbocycles. The van der Waals surface area contributed by atoms with Gasteiger partial charge in [-0.05, 0) is 24.6 Å². The minimum atomic E-state index is -0.254. The molecule has 2 aliphatic rings. The number of imide groups is 1. The van der Waals surface area contributed by atoms with E-state index in [4.69, 9.17) is 4.74 Å². The first-order valence-corrected chi connectivity index (χ1v) is 10.5. The topological polar surface area (TPSA) is 53.1 Å². The molecule has 0 radical (unpaired) electrons. The summed E-state index contributed by atoms with van der Waals surface area (Å²) in [5, 5.41) is 0. The molecule has 6 heteroatoms. The molecular formula is C25H27N3O3. The molecule has 2 aromatic carbocycles. The first-order valence-electron chi connectivity index (χ1n) is 10.5. The number of amides is 2. The van der Waals surface area contributed by atoms with E-state index in [0.29, 0.717) is 24.4 Å². The Morgan fingerprint density at radius 3 is 2.23 bits per heavy atom. The van der Waals surface area contributed by atoms with Gasteiger partial charge < -0.3 is 14.5 Å². The zero-order valence-electron chi connectivity index (χ0n) is 18.0. The molecule has 2 aromatic rings. The largest absolute Gasteiger partial charge is 0.495 e. The van der Waals surface area contributed by atoms with Crippen molar-refractivity contribution >= 4 is 23.1 Å². The molecule has 0 unspecified atom stereocenters. The number of benzene rings is 2. The van der Waals surface area contributed by atoms with Gasteiger partial charge in [-0.2, -0.15) is 0 Å². The lowest BCUT2D eigenvalue weighted by Crippen LogP contribution is -2.47. The molecule has 0 atom stereocenters. The van der Waals surface area contributed by atoms with Crippen LogP contribution in [-0.4, -0.2) is 61.4 Å². The quantitative estimate of drug-likeness (QED) is 0.534. The van der Waals surface area contributed by atoms with Crippen molar-refractivity contribution in [2.75, 3.05) is 44.7 Å². The van der Waals surface area contributed by atoms with Gasteiger partial charge in [0.25, 0.3) is 11.8 Å². The highest BCUT2D eigenvalue weighted by Gasteiger charge is 2.41. The molecule has 2 aliphatic heterocycles. The van der Waals surface area contributed by atoms with Crippen LogP contribution in [0, 0.1) is 6.92 Å². The summed E-state index contributed by atoms with van der Waals surface area (Å²) in [5.74, 6) is 0.335. The number of anilines is 1. The van der Waals surface area contributed by atoms with Gasteiger partial charge in [0.05, 0.1) is 18.4 Å². The van der Waals surface area contributed by atoms with Crippen molar-refractivity contribution in [2.45, 2.75) is 6.92 Å². The Balaban J connectivity index is 1.64. The van der Waals surface area contributed by atoms with Crippen molar-refractivity contribution in [3.63, 3.8) is 0 Å². The monoisotopic (exact) mass is 417 g/mol. The van der Waals surface area contributed by atoms with Gasteiger partial charge >= 0.3 is 0 Å². The van der Waals surface area contributed by atoms with Gasteiger partial charge in [0.2, 0.25) is 0 Å². The van der Waals surface area contributed by atoms with Gasteiger partial charge in [-0.25, -0.2) is 0 Å². The molecule has 4 rings (SSSR count). The van der Waals surface area contributed by atoms with Crippen molar-refractivity contribution in [1.29, 1.82) is 0 Å². The summed E-state index contributed by atoms with van der Waals surface area (Å²) in [6.07, 6.45) is 1.59. The van der Waals surface area contributed by atoms with Crippen molar-refractivity contribution in [3.8, 4) is 5.75 Å². The van der Waals surface area contributed by atoms with Gasteiger partial charge in [0.1, 0.15) is 11.4 Å². The Hall–Kier alpha value is -3.54. The molecule has 6 nitrogen and oxygen atoms in total. The summed E-state index contributed by atoms with van der Waals surface area (Å²) in [4.78, 5) is 32.0. The van der Waals surface area contributed by atoms with Crippen LogP contribution in [0.15, 0.2) is 66.9 Å². The van der Waals surface area contributed by atoms with E-state index in [-0.39, 0.29) is 18.4 Å². The normalized spacial score (nSPS) is 16.9. The summed E-state index contributed by atoms with van der Waals surface area (Å²) in [7, 11) is 1.67. The fourth-order valence-electron chi connectivity index (χ4n) is 4.19. The Morgan fingerprint density at radius 2 is 1.58 bits per heavy atom. The number of aryl methyl sites for hydroxylation is 1. The molecule has 1 fully saturated rings. The maximum absolute atomic E-state index is 13.2. The molecule has 0 aromatic heterocycles. The molecule has 160 valence electrons. The van der Waals surface area contributed by atoms with Gasteiger partial charge in [0, 0.05) is 32.7 Å². The van der Waals surface area contributed by atoms with Gasteiger partial charge in [-0.3, -0.25) is 14.5 Å². The number of hydrogen-bond acceptors (Lipinski definition) is 5. The van der Waals surface area contributed by atoms with Crippen molar-refractivity contribution in [1.82, 2.24) is 9.80 Å². The lowest BCUT2D eigenvalue weighted by molar-refractivity contribution is -0.136. The van der Waals surface area contributed by atoms with Crippen molar-refractivity contribution in [2.24, 2.45) is 0 Å². The van der Waals surface area contributed by atoms with Crippen molar-refractivity contribution < 1.29 is 14.3 Å². The summed E-state index contributed by atoms with van der Waals surface area (Å²) in [5.41, 5.74) is 3.90. The van der Waals surface area contributed by atoms with Crippen LogP contribution in [0.3, 0.4) is 0 Å².